The smallest absolute Gasteiger partial charge is 0.106 e. The van der Waals surface area contributed by atoms with Gasteiger partial charge in [-0.1, -0.05) is 79.9 Å². The van der Waals surface area contributed by atoms with Gasteiger partial charge in [0.05, 0.1) is 0 Å². The first-order chi connectivity index (χ1) is 10.1. The minimum atomic E-state index is -0.713. The van der Waals surface area contributed by atoms with E-state index in [0.717, 1.165) is 30.8 Å². The largest absolute Gasteiger partial charge is 0.384 e. The second-order valence-electron chi connectivity index (χ2n) is 4.75. The van der Waals surface area contributed by atoms with E-state index in [2.05, 4.69) is 31.9 Å². The van der Waals surface area contributed by atoms with Crippen molar-refractivity contribution >= 4 is 54.2 Å². The fraction of sp³-hybridized carbons (Fsp3) is 0.0588. The molecular weight excluding hydrogens is 415 g/mol. The zero-order valence-electron chi connectivity index (χ0n) is 10.9. The molecule has 0 aliphatic heterocycles. The van der Waals surface area contributed by atoms with Crippen molar-refractivity contribution in [3.05, 3.63) is 79.7 Å². The van der Waals surface area contributed by atoms with Gasteiger partial charge in [-0.05, 0) is 40.1 Å². The molecule has 0 saturated carbocycles. The number of hydrogen-bond donors (Lipinski definition) is 1. The van der Waals surface area contributed by atoms with E-state index in [0.29, 0.717) is 5.02 Å². The number of rotatable bonds is 2. The summed E-state index contributed by atoms with van der Waals surface area (Å²) in [5, 5.41) is 13.5. The Balaban J connectivity index is 2.18. The molecule has 0 radical (unpaired) electrons. The molecule has 1 unspecified atom stereocenters. The quantitative estimate of drug-likeness (QED) is 0.525. The van der Waals surface area contributed by atoms with Gasteiger partial charge in [-0.2, -0.15) is 0 Å². The van der Waals surface area contributed by atoms with Crippen LogP contribution in [0.5, 0.6) is 0 Å². The Bertz CT molecular complexity index is 817. The molecule has 0 aliphatic carbocycles. The molecule has 0 fully saturated rings. The van der Waals surface area contributed by atoms with Crippen LogP contribution in [0, 0.1) is 0 Å². The van der Waals surface area contributed by atoms with Crippen LogP contribution in [0.25, 0.3) is 10.8 Å². The first-order valence-electron chi connectivity index (χ1n) is 6.38. The van der Waals surface area contributed by atoms with Gasteiger partial charge < -0.3 is 5.11 Å². The lowest BCUT2D eigenvalue weighted by Crippen LogP contribution is -2.01. The summed E-state index contributed by atoms with van der Waals surface area (Å²) in [4.78, 5) is 0. The van der Waals surface area contributed by atoms with E-state index in [1.807, 2.05) is 42.5 Å². The summed E-state index contributed by atoms with van der Waals surface area (Å²) < 4.78 is 1.82. The predicted molar refractivity (Wildman–Crippen MR) is 94.9 cm³/mol. The molecule has 1 nitrogen and oxygen atoms in total. The lowest BCUT2D eigenvalue weighted by Gasteiger charge is -2.16. The Kier molecular flexibility index (Phi) is 4.36. The van der Waals surface area contributed by atoms with Crippen molar-refractivity contribution in [3.63, 3.8) is 0 Å². The molecule has 0 saturated heterocycles. The van der Waals surface area contributed by atoms with Crippen LogP contribution in [0.3, 0.4) is 0 Å². The highest BCUT2D eigenvalue weighted by atomic mass is 79.9. The minimum Gasteiger partial charge on any atom is -0.384 e. The zero-order chi connectivity index (χ0) is 15.0. The van der Waals surface area contributed by atoms with Crippen molar-refractivity contribution in [2.75, 3.05) is 0 Å². The summed E-state index contributed by atoms with van der Waals surface area (Å²) in [6.07, 6.45) is -0.713. The fourth-order valence-electron chi connectivity index (χ4n) is 2.41. The van der Waals surface area contributed by atoms with Crippen LogP contribution in [0.4, 0.5) is 0 Å². The Morgan fingerprint density at radius 1 is 0.810 bits per heavy atom. The Morgan fingerprint density at radius 3 is 2.19 bits per heavy atom. The molecule has 0 bridgehead atoms. The average Bonchev–Trinajstić information content (AvgIpc) is 2.47. The highest BCUT2D eigenvalue weighted by Crippen LogP contribution is 2.36. The predicted octanol–water partition coefficient (Wildman–Crippen LogP) is 6.10. The lowest BCUT2D eigenvalue weighted by atomic mass is 9.96. The normalized spacial score (nSPS) is 12.6. The molecule has 0 spiro atoms. The second kappa shape index (κ2) is 6.09. The van der Waals surface area contributed by atoms with Crippen molar-refractivity contribution in [3.8, 4) is 0 Å². The maximum atomic E-state index is 10.8. The number of halogens is 3. The molecule has 0 heterocycles. The number of fused-ring (bicyclic) bond motifs is 1. The number of aliphatic hydroxyl groups is 1. The molecule has 3 aromatic carbocycles. The molecule has 0 aliphatic rings. The molecule has 3 aromatic rings. The van der Waals surface area contributed by atoms with E-state index in [9.17, 15) is 5.11 Å². The number of aliphatic hydroxyl groups excluding tert-OH is 1. The summed E-state index contributed by atoms with van der Waals surface area (Å²) in [7, 11) is 0. The second-order valence-corrected chi connectivity index (χ2v) is 6.90. The number of hydrogen-bond acceptors (Lipinski definition) is 1. The third-order valence-corrected chi connectivity index (χ3v) is 5.07. The molecule has 4 heteroatoms. The Labute approximate surface area is 144 Å². The van der Waals surface area contributed by atoms with Crippen LogP contribution in [-0.4, -0.2) is 5.11 Å². The Morgan fingerprint density at radius 2 is 1.48 bits per heavy atom. The third-order valence-electron chi connectivity index (χ3n) is 3.46. The fourth-order valence-corrected chi connectivity index (χ4v) is 3.79. The SMILES string of the molecule is OC(c1ccc(Cl)cc1Br)c1ccc(Br)c2ccccc12. The van der Waals surface area contributed by atoms with Gasteiger partial charge in [0.1, 0.15) is 6.10 Å². The van der Waals surface area contributed by atoms with Crippen molar-refractivity contribution in [1.82, 2.24) is 0 Å². The van der Waals surface area contributed by atoms with Crippen molar-refractivity contribution in [2.45, 2.75) is 6.10 Å². The van der Waals surface area contributed by atoms with Crippen molar-refractivity contribution in [2.24, 2.45) is 0 Å². The maximum Gasteiger partial charge on any atom is 0.106 e. The summed E-state index contributed by atoms with van der Waals surface area (Å²) in [5.41, 5.74) is 1.67. The van der Waals surface area contributed by atoms with E-state index in [1.165, 1.54) is 0 Å². The highest BCUT2D eigenvalue weighted by molar-refractivity contribution is 9.11. The van der Waals surface area contributed by atoms with Crippen LogP contribution in [0.15, 0.2) is 63.5 Å². The van der Waals surface area contributed by atoms with E-state index in [-0.39, 0.29) is 0 Å². The van der Waals surface area contributed by atoms with E-state index in [1.54, 1.807) is 12.1 Å². The monoisotopic (exact) mass is 424 g/mol. The minimum absolute atomic E-state index is 0.637. The summed E-state index contributed by atoms with van der Waals surface area (Å²) in [6, 6.07) is 17.3. The highest BCUT2D eigenvalue weighted by Gasteiger charge is 2.17. The Hall–Kier alpha value is -0.870. The third kappa shape index (κ3) is 2.88. The molecule has 0 amide bonds. The molecule has 1 N–H and O–H groups in total. The van der Waals surface area contributed by atoms with Crippen molar-refractivity contribution in [1.29, 1.82) is 0 Å². The first-order valence-corrected chi connectivity index (χ1v) is 8.34. The molecule has 0 aromatic heterocycles. The standard InChI is InChI=1S/C17H11Br2ClO/c18-15-8-7-13(11-3-1-2-4-12(11)15)17(21)14-6-5-10(20)9-16(14)19/h1-9,17,21H. The zero-order valence-corrected chi connectivity index (χ0v) is 14.8. The summed E-state index contributed by atoms with van der Waals surface area (Å²) >= 11 is 13.0. The van der Waals surface area contributed by atoms with Gasteiger partial charge in [-0.25, -0.2) is 0 Å². The van der Waals surface area contributed by atoms with Gasteiger partial charge in [0.25, 0.3) is 0 Å². The van der Waals surface area contributed by atoms with Gasteiger partial charge >= 0.3 is 0 Å². The van der Waals surface area contributed by atoms with Gasteiger partial charge in [-0.15, -0.1) is 0 Å². The first kappa shape index (κ1) is 15.0. The van der Waals surface area contributed by atoms with Gasteiger partial charge in [-0.3, -0.25) is 0 Å². The van der Waals surface area contributed by atoms with Gasteiger partial charge in [0, 0.05) is 14.0 Å². The number of benzene rings is 3. The van der Waals surface area contributed by atoms with Gasteiger partial charge in [0.15, 0.2) is 0 Å². The maximum absolute atomic E-state index is 10.8. The van der Waals surface area contributed by atoms with E-state index in [4.69, 9.17) is 11.6 Å². The van der Waals surface area contributed by atoms with Crippen LogP contribution >= 0.6 is 43.5 Å². The van der Waals surface area contributed by atoms with E-state index >= 15 is 0 Å². The molecule has 21 heavy (non-hydrogen) atoms. The molecule has 106 valence electrons. The van der Waals surface area contributed by atoms with Crippen LogP contribution in [0.1, 0.15) is 17.2 Å². The van der Waals surface area contributed by atoms with Crippen molar-refractivity contribution < 1.29 is 5.11 Å². The lowest BCUT2D eigenvalue weighted by molar-refractivity contribution is 0.221. The summed E-state index contributed by atoms with van der Waals surface area (Å²) in [6.45, 7) is 0. The van der Waals surface area contributed by atoms with Crippen LogP contribution in [0.2, 0.25) is 5.02 Å². The molecule has 1 atom stereocenters. The average molecular weight is 427 g/mol. The van der Waals surface area contributed by atoms with Crippen LogP contribution < -0.4 is 0 Å². The molecule has 3 rings (SSSR count). The topological polar surface area (TPSA) is 20.2 Å². The summed E-state index contributed by atoms with van der Waals surface area (Å²) in [5.74, 6) is 0. The molecular formula is C17H11Br2ClO. The van der Waals surface area contributed by atoms with E-state index < -0.39 is 6.10 Å². The van der Waals surface area contributed by atoms with Crippen LogP contribution in [-0.2, 0) is 0 Å². The van der Waals surface area contributed by atoms with Gasteiger partial charge in [0.2, 0.25) is 0 Å².